The molecule has 1 aliphatic heterocycles. The van der Waals surface area contributed by atoms with Crippen LogP contribution in [0.5, 0.6) is 5.75 Å². The maximum absolute atomic E-state index is 13.2. The molecule has 1 atom stereocenters. The van der Waals surface area contributed by atoms with Crippen LogP contribution < -0.4 is 10.1 Å². The van der Waals surface area contributed by atoms with Gasteiger partial charge in [-0.1, -0.05) is 6.42 Å². The molecule has 2 heterocycles. The molecule has 2 aromatic rings. The predicted octanol–water partition coefficient (Wildman–Crippen LogP) is 2.27. The number of benzene rings is 1. The monoisotopic (exact) mass is 420 g/mol. The third kappa shape index (κ3) is 4.97. The Balaban J connectivity index is 1.73. The normalized spacial score (nSPS) is 17.8. The lowest BCUT2D eigenvalue weighted by Gasteiger charge is -2.32. The Morgan fingerprint density at radius 1 is 1.34 bits per heavy atom. The number of rotatable bonds is 8. The van der Waals surface area contributed by atoms with E-state index in [1.165, 1.54) is 17.5 Å². The van der Waals surface area contributed by atoms with Gasteiger partial charge < -0.3 is 14.6 Å². The standard InChI is InChI=1S/C20H28N4O4S/c1-16-6-3-4-12-24(16)29(26,27)19-14-17(7-8-18(19)28-2)20(25)22-9-5-11-23-13-10-21-15-23/h7-8,10,13-16H,3-6,9,11-12H2,1-2H3,(H,22,25)/t16-/m0/s1. The number of nitrogens with one attached hydrogen (secondary N) is 1. The summed E-state index contributed by atoms with van der Waals surface area (Å²) in [5.74, 6) is -0.0548. The molecule has 1 aromatic carbocycles. The number of hydrogen-bond donors (Lipinski definition) is 1. The Morgan fingerprint density at radius 2 is 2.17 bits per heavy atom. The number of carbonyl (C=O) groups excluding carboxylic acids is 1. The number of imidazole rings is 1. The number of hydrogen-bond acceptors (Lipinski definition) is 5. The van der Waals surface area contributed by atoms with E-state index in [1.807, 2.05) is 17.7 Å². The summed E-state index contributed by atoms with van der Waals surface area (Å²) < 4.78 is 35.2. The number of aromatic nitrogens is 2. The highest BCUT2D eigenvalue weighted by molar-refractivity contribution is 7.89. The SMILES string of the molecule is COc1ccc(C(=O)NCCCn2ccnc2)cc1S(=O)(=O)N1CCCC[C@@H]1C. The fourth-order valence-electron chi connectivity index (χ4n) is 3.56. The molecule has 9 heteroatoms. The molecule has 0 spiro atoms. The van der Waals surface area contributed by atoms with Gasteiger partial charge in [-0.15, -0.1) is 0 Å². The van der Waals surface area contributed by atoms with Crippen molar-refractivity contribution in [1.82, 2.24) is 19.2 Å². The molecule has 1 fully saturated rings. The van der Waals surface area contributed by atoms with E-state index in [4.69, 9.17) is 4.74 Å². The quantitative estimate of drug-likeness (QED) is 0.661. The molecule has 1 aromatic heterocycles. The smallest absolute Gasteiger partial charge is 0.251 e. The largest absolute Gasteiger partial charge is 0.495 e. The molecule has 1 N–H and O–H groups in total. The van der Waals surface area contributed by atoms with Crippen molar-refractivity contribution >= 4 is 15.9 Å². The summed E-state index contributed by atoms with van der Waals surface area (Å²) in [4.78, 5) is 16.6. The fraction of sp³-hybridized carbons (Fsp3) is 0.500. The van der Waals surface area contributed by atoms with Crippen molar-refractivity contribution in [2.45, 2.75) is 50.1 Å². The zero-order valence-corrected chi connectivity index (χ0v) is 17.7. The number of carbonyl (C=O) groups is 1. The molecule has 0 aliphatic carbocycles. The van der Waals surface area contributed by atoms with Crippen molar-refractivity contribution in [2.24, 2.45) is 0 Å². The minimum absolute atomic E-state index is 0.0415. The summed E-state index contributed by atoms with van der Waals surface area (Å²) >= 11 is 0. The summed E-state index contributed by atoms with van der Waals surface area (Å²) in [5.41, 5.74) is 0.302. The molecule has 0 radical (unpaired) electrons. The van der Waals surface area contributed by atoms with Gasteiger partial charge in [0.05, 0.1) is 13.4 Å². The van der Waals surface area contributed by atoms with Crippen molar-refractivity contribution in [3.05, 3.63) is 42.5 Å². The molecule has 1 aliphatic rings. The number of amides is 1. The number of sulfonamides is 1. The first kappa shape index (κ1) is 21.3. The lowest BCUT2D eigenvalue weighted by atomic mass is 10.1. The number of piperidine rings is 1. The molecule has 8 nitrogen and oxygen atoms in total. The number of ether oxygens (including phenoxy) is 1. The molecule has 1 amide bonds. The van der Waals surface area contributed by atoms with Gasteiger partial charge in [0.1, 0.15) is 10.6 Å². The van der Waals surface area contributed by atoms with Crippen LogP contribution in [0.1, 0.15) is 43.0 Å². The van der Waals surface area contributed by atoms with Crippen LogP contribution in [0, 0.1) is 0 Å². The maximum atomic E-state index is 13.2. The Morgan fingerprint density at radius 3 is 2.86 bits per heavy atom. The van der Waals surface area contributed by atoms with Crippen LogP contribution in [0.4, 0.5) is 0 Å². The van der Waals surface area contributed by atoms with Gasteiger partial charge in [0.15, 0.2) is 0 Å². The van der Waals surface area contributed by atoms with Crippen LogP contribution in [-0.4, -0.2) is 54.4 Å². The van der Waals surface area contributed by atoms with Gasteiger partial charge in [-0.2, -0.15) is 4.31 Å². The van der Waals surface area contributed by atoms with Gasteiger partial charge in [0.25, 0.3) is 5.91 Å². The molecule has 0 bridgehead atoms. The van der Waals surface area contributed by atoms with Crippen molar-refractivity contribution in [1.29, 1.82) is 0 Å². The molecule has 0 unspecified atom stereocenters. The van der Waals surface area contributed by atoms with Crippen LogP contribution in [0.15, 0.2) is 41.8 Å². The van der Waals surface area contributed by atoms with Crippen molar-refractivity contribution in [2.75, 3.05) is 20.2 Å². The van der Waals surface area contributed by atoms with E-state index in [9.17, 15) is 13.2 Å². The first-order valence-electron chi connectivity index (χ1n) is 9.87. The van der Waals surface area contributed by atoms with Gasteiger partial charge in [0.2, 0.25) is 10.0 Å². The van der Waals surface area contributed by atoms with Crippen LogP contribution in [0.3, 0.4) is 0 Å². The summed E-state index contributed by atoms with van der Waals surface area (Å²) in [6, 6.07) is 4.48. The van der Waals surface area contributed by atoms with Gasteiger partial charge in [0, 0.05) is 43.6 Å². The van der Waals surface area contributed by atoms with Crippen LogP contribution in [0.2, 0.25) is 0 Å². The molecule has 1 saturated heterocycles. The van der Waals surface area contributed by atoms with Crippen molar-refractivity contribution < 1.29 is 17.9 Å². The molecular formula is C20H28N4O4S. The average Bonchev–Trinajstić information content (AvgIpc) is 3.24. The Bertz CT molecular complexity index is 928. The average molecular weight is 421 g/mol. The van der Waals surface area contributed by atoms with E-state index >= 15 is 0 Å². The molecule has 29 heavy (non-hydrogen) atoms. The highest BCUT2D eigenvalue weighted by Gasteiger charge is 2.33. The van der Waals surface area contributed by atoms with Crippen LogP contribution in [0.25, 0.3) is 0 Å². The van der Waals surface area contributed by atoms with Crippen molar-refractivity contribution in [3.8, 4) is 5.75 Å². The molecule has 0 saturated carbocycles. The second kappa shape index (κ2) is 9.41. The maximum Gasteiger partial charge on any atom is 0.251 e. The van der Waals surface area contributed by atoms with E-state index in [2.05, 4.69) is 10.3 Å². The minimum Gasteiger partial charge on any atom is -0.495 e. The second-order valence-electron chi connectivity index (χ2n) is 7.24. The first-order chi connectivity index (χ1) is 13.9. The predicted molar refractivity (Wildman–Crippen MR) is 109 cm³/mol. The summed E-state index contributed by atoms with van der Waals surface area (Å²) in [6.45, 7) is 3.63. The second-order valence-corrected chi connectivity index (χ2v) is 9.10. The zero-order chi connectivity index (χ0) is 20.9. The van der Waals surface area contributed by atoms with Crippen LogP contribution >= 0.6 is 0 Å². The Labute approximate surface area is 171 Å². The van der Waals surface area contributed by atoms with Gasteiger partial charge in [-0.3, -0.25) is 4.79 Å². The van der Waals surface area contributed by atoms with Gasteiger partial charge in [-0.25, -0.2) is 13.4 Å². The number of aryl methyl sites for hydroxylation is 1. The third-order valence-corrected chi connectivity index (χ3v) is 7.23. The lowest BCUT2D eigenvalue weighted by Crippen LogP contribution is -2.42. The lowest BCUT2D eigenvalue weighted by molar-refractivity contribution is 0.0952. The van der Waals surface area contributed by atoms with Gasteiger partial charge in [-0.05, 0) is 44.4 Å². The number of nitrogens with zero attached hydrogens (tertiary/aromatic N) is 3. The van der Waals surface area contributed by atoms with Crippen LogP contribution in [-0.2, 0) is 16.6 Å². The molecular weight excluding hydrogens is 392 g/mol. The molecule has 158 valence electrons. The first-order valence-corrected chi connectivity index (χ1v) is 11.3. The minimum atomic E-state index is -3.75. The van der Waals surface area contributed by atoms with E-state index in [-0.39, 0.29) is 22.6 Å². The zero-order valence-electron chi connectivity index (χ0n) is 16.9. The van der Waals surface area contributed by atoms with E-state index < -0.39 is 10.0 Å². The Kier molecular flexibility index (Phi) is 6.92. The summed E-state index contributed by atoms with van der Waals surface area (Å²) in [6.07, 6.45) is 8.73. The van der Waals surface area contributed by atoms with Gasteiger partial charge >= 0.3 is 0 Å². The summed E-state index contributed by atoms with van der Waals surface area (Å²) in [5, 5.41) is 2.84. The third-order valence-electron chi connectivity index (χ3n) is 5.19. The van der Waals surface area contributed by atoms with E-state index in [1.54, 1.807) is 24.7 Å². The highest BCUT2D eigenvalue weighted by atomic mass is 32.2. The number of methoxy groups -OCH3 is 1. The van der Waals surface area contributed by atoms with Crippen molar-refractivity contribution in [3.63, 3.8) is 0 Å². The fourth-order valence-corrected chi connectivity index (χ4v) is 5.44. The van der Waals surface area contributed by atoms with E-state index in [0.29, 0.717) is 18.7 Å². The summed E-state index contributed by atoms with van der Waals surface area (Å²) in [7, 11) is -2.31. The topological polar surface area (TPSA) is 93.5 Å². The van der Waals surface area contributed by atoms with E-state index in [0.717, 1.165) is 32.2 Å². The highest BCUT2D eigenvalue weighted by Crippen LogP contribution is 2.31. The Hall–Kier alpha value is -2.39. The molecule has 3 rings (SSSR count).